The lowest BCUT2D eigenvalue weighted by Crippen LogP contribution is -2.34. The second-order valence-electron chi connectivity index (χ2n) is 4.98. The van der Waals surface area contributed by atoms with E-state index in [4.69, 9.17) is 11.6 Å². The molecular formula is C15H17ClFN3O. The minimum Gasteiger partial charge on any atom is -0.356 e. The lowest BCUT2D eigenvalue weighted by atomic mass is 10.1. The Morgan fingerprint density at radius 2 is 2.19 bits per heavy atom. The molecule has 0 saturated carbocycles. The average molecular weight is 310 g/mol. The highest BCUT2D eigenvalue weighted by atomic mass is 35.5. The second kappa shape index (κ2) is 6.74. The number of nitrogens with zero attached hydrogens (tertiary/aromatic N) is 1. The lowest BCUT2D eigenvalue weighted by Gasteiger charge is -2.25. The van der Waals surface area contributed by atoms with E-state index in [1.54, 1.807) is 18.3 Å². The van der Waals surface area contributed by atoms with E-state index in [0.29, 0.717) is 17.3 Å². The monoisotopic (exact) mass is 309 g/mol. The van der Waals surface area contributed by atoms with Gasteiger partial charge in [0, 0.05) is 12.7 Å². The Morgan fingerprint density at radius 3 is 2.76 bits per heavy atom. The Morgan fingerprint density at radius 1 is 1.43 bits per heavy atom. The van der Waals surface area contributed by atoms with Crippen LogP contribution in [0.5, 0.6) is 0 Å². The van der Waals surface area contributed by atoms with Crippen molar-refractivity contribution in [2.75, 3.05) is 20.6 Å². The molecule has 112 valence electrons. The first-order chi connectivity index (χ1) is 9.97. The summed E-state index contributed by atoms with van der Waals surface area (Å²) in [5, 5.41) is 3.30. The van der Waals surface area contributed by atoms with Crippen LogP contribution in [-0.4, -0.2) is 36.4 Å². The van der Waals surface area contributed by atoms with E-state index in [2.05, 4.69) is 10.3 Å². The molecule has 0 aliphatic heterocycles. The highest BCUT2D eigenvalue weighted by Gasteiger charge is 2.17. The zero-order chi connectivity index (χ0) is 15.4. The number of aromatic amines is 1. The highest BCUT2D eigenvalue weighted by molar-refractivity contribution is 6.30. The first kappa shape index (κ1) is 15.5. The van der Waals surface area contributed by atoms with Crippen LogP contribution in [0.2, 0.25) is 5.02 Å². The molecule has 0 aliphatic rings. The van der Waals surface area contributed by atoms with Gasteiger partial charge >= 0.3 is 0 Å². The third-order valence-electron chi connectivity index (χ3n) is 3.21. The van der Waals surface area contributed by atoms with Crippen LogP contribution in [0, 0.1) is 5.82 Å². The smallest absolute Gasteiger partial charge is 0.267 e. The number of H-pyrrole nitrogens is 1. The van der Waals surface area contributed by atoms with Crippen LogP contribution >= 0.6 is 11.6 Å². The Labute approximate surface area is 127 Å². The van der Waals surface area contributed by atoms with Gasteiger partial charge in [-0.1, -0.05) is 23.7 Å². The van der Waals surface area contributed by atoms with E-state index in [1.165, 1.54) is 12.1 Å². The van der Waals surface area contributed by atoms with Crippen molar-refractivity contribution in [3.8, 4) is 0 Å². The van der Waals surface area contributed by atoms with E-state index in [0.717, 1.165) is 5.56 Å². The first-order valence-electron chi connectivity index (χ1n) is 6.51. The van der Waals surface area contributed by atoms with Gasteiger partial charge in [-0.25, -0.2) is 4.39 Å². The molecule has 21 heavy (non-hydrogen) atoms. The van der Waals surface area contributed by atoms with Gasteiger partial charge in [0.2, 0.25) is 0 Å². The first-order valence-corrected chi connectivity index (χ1v) is 6.89. The number of aromatic nitrogens is 1. The average Bonchev–Trinajstić information content (AvgIpc) is 2.85. The van der Waals surface area contributed by atoms with Gasteiger partial charge in [-0.2, -0.15) is 0 Å². The molecule has 4 nitrogen and oxygen atoms in total. The maximum absolute atomic E-state index is 13.3. The Bertz CT molecular complexity index is 627. The van der Waals surface area contributed by atoms with Crippen LogP contribution in [0.25, 0.3) is 0 Å². The third-order valence-corrected chi connectivity index (χ3v) is 3.42. The molecule has 6 heteroatoms. The van der Waals surface area contributed by atoms with Gasteiger partial charge in [0.15, 0.2) is 0 Å². The fourth-order valence-corrected chi connectivity index (χ4v) is 2.26. The summed E-state index contributed by atoms with van der Waals surface area (Å²) < 4.78 is 13.3. The second-order valence-corrected chi connectivity index (χ2v) is 5.41. The summed E-state index contributed by atoms with van der Waals surface area (Å²) in [7, 11) is 3.76. The maximum Gasteiger partial charge on any atom is 0.267 e. The topological polar surface area (TPSA) is 48.1 Å². The summed E-state index contributed by atoms with van der Waals surface area (Å²) in [6.45, 7) is 0.367. The number of benzene rings is 1. The number of carbonyl (C=O) groups excluding carboxylic acids is 1. The predicted octanol–water partition coefficient (Wildman–Crippen LogP) is 2.84. The lowest BCUT2D eigenvalue weighted by molar-refractivity contribution is 0.0937. The molecule has 1 amide bonds. The van der Waals surface area contributed by atoms with Gasteiger partial charge in [0.05, 0.1) is 11.1 Å². The summed E-state index contributed by atoms with van der Waals surface area (Å²) in [6.07, 6.45) is 1.55. The van der Waals surface area contributed by atoms with Crippen molar-refractivity contribution in [1.82, 2.24) is 15.2 Å². The fraction of sp³-hybridized carbons (Fsp3) is 0.267. The van der Waals surface area contributed by atoms with Gasteiger partial charge < -0.3 is 15.2 Å². The van der Waals surface area contributed by atoms with Crippen molar-refractivity contribution in [3.63, 3.8) is 0 Å². The van der Waals surface area contributed by atoms with Crippen molar-refractivity contribution in [1.29, 1.82) is 0 Å². The molecule has 2 aromatic rings. The summed E-state index contributed by atoms with van der Waals surface area (Å²) in [5.74, 6) is -0.535. The van der Waals surface area contributed by atoms with Crippen molar-refractivity contribution < 1.29 is 9.18 Å². The molecule has 0 radical (unpaired) electrons. The molecule has 1 atom stereocenters. The number of hydrogen-bond donors (Lipinski definition) is 2. The van der Waals surface area contributed by atoms with Gasteiger partial charge in [-0.3, -0.25) is 4.79 Å². The zero-order valence-corrected chi connectivity index (χ0v) is 12.6. The molecule has 0 spiro atoms. The van der Waals surface area contributed by atoms with Gasteiger partial charge in [-0.05, 0) is 37.9 Å². The van der Waals surface area contributed by atoms with Gasteiger partial charge in [-0.15, -0.1) is 0 Å². The Balaban J connectivity index is 2.05. The van der Waals surface area contributed by atoms with Crippen LogP contribution in [0.15, 0.2) is 36.5 Å². The largest absolute Gasteiger partial charge is 0.356 e. The fourth-order valence-electron chi connectivity index (χ4n) is 2.10. The van der Waals surface area contributed by atoms with Crippen LogP contribution in [0.4, 0.5) is 4.39 Å². The standard InChI is InChI=1S/C15H17ClFN3O/c1-20(2)14(10-4-3-5-12(17)6-10)9-19-15(21)13-7-11(16)8-18-13/h3-8,14,18H,9H2,1-2H3,(H,19,21). The number of rotatable bonds is 5. The van der Waals surface area contributed by atoms with Crippen LogP contribution in [0.3, 0.4) is 0 Å². The molecule has 0 fully saturated rings. The van der Waals surface area contributed by atoms with Crippen molar-refractivity contribution in [2.24, 2.45) is 0 Å². The van der Waals surface area contributed by atoms with Gasteiger partial charge in [0.1, 0.15) is 11.5 Å². The molecule has 1 heterocycles. The summed E-state index contributed by atoms with van der Waals surface area (Å²) >= 11 is 5.77. The van der Waals surface area contributed by atoms with Crippen LogP contribution < -0.4 is 5.32 Å². The molecular weight excluding hydrogens is 293 g/mol. The van der Waals surface area contributed by atoms with E-state index in [9.17, 15) is 9.18 Å². The summed E-state index contributed by atoms with van der Waals surface area (Å²) in [6, 6.07) is 7.82. The van der Waals surface area contributed by atoms with Crippen LogP contribution in [0.1, 0.15) is 22.1 Å². The molecule has 1 aromatic carbocycles. The Kier molecular flexibility index (Phi) is 4.98. The molecule has 0 saturated heterocycles. The minimum absolute atomic E-state index is 0.116. The molecule has 1 aromatic heterocycles. The van der Waals surface area contributed by atoms with E-state index < -0.39 is 0 Å². The predicted molar refractivity (Wildman–Crippen MR) is 81.0 cm³/mol. The van der Waals surface area contributed by atoms with Crippen molar-refractivity contribution in [2.45, 2.75) is 6.04 Å². The SMILES string of the molecule is CN(C)C(CNC(=O)c1cc(Cl)c[nH]1)c1cccc(F)c1. The molecule has 0 bridgehead atoms. The maximum atomic E-state index is 13.3. The summed E-state index contributed by atoms with van der Waals surface area (Å²) in [5.41, 5.74) is 1.21. The Hall–Kier alpha value is -1.85. The third kappa shape index (κ3) is 4.06. The number of amides is 1. The van der Waals surface area contributed by atoms with Crippen LogP contribution in [-0.2, 0) is 0 Å². The number of hydrogen-bond acceptors (Lipinski definition) is 2. The minimum atomic E-state index is -0.290. The zero-order valence-electron chi connectivity index (χ0n) is 11.9. The van der Waals surface area contributed by atoms with Crippen molar-refractivity contribution >= 4 is 17.5 Å². The van der Waals surface area contributed by atoms with Gasteiger partial charge in [0.25, 0.3) is 5.91 Å². The number of likely N-dealkylation sites (N-methyl/N-ethyl adjacent to an activating group) is 1. The van der Waals surface area contributed by atoms with Crippen molar-refractivity contribution in [3.05, 3.63) is 58.6 Å². The summed E-state index contributed by atoms with van der Waals surface area (Å²) in [4.78, 5) is 16.7. The number of halogens is 2. The molecule has 2 N–H and O–H groups in total. The van der Waals surface area contributed by atoms with E-state index in [-0.39, 0.29) is 17.8 Å². The van der Waals surface area contributed by atoms with E-state index in [1.807, 2.05) is 25.1 Å². The number of nitrogens with one attached hydrogen (secondary N) is 2. The number of carbonyl (C=O) groups is 1. The van der Waals surface area contributed by atoms with E-state index >= 15 is 0 Å². The highest BCUT2D eigenvalue weighted by Crippen LogP contribution is 2.18. The molecule has 0 aliphatic carbocycles. The normalized spacial score (nSPS) is 12.4. The quantitative estimate of drug-likeness (QED) is 0.892. The molecule has 2 rings (SSSR count). The molecule has 1 unspecified atom stereocenters.